The van der Waals surface area contributed by atoms with Crippen molar-refractivity contribution < 1.29 is 18.7 Å². The number of hydrogen-bond donors (Lipinski definition) is 0. The van der Waals surface area contributed by atoms with Crippen molar-refractivity contribution in [3.05, 3.63) is 35.6 Å². The van der Waals surface area contributed by atoms with E-state index >= 15 is 0 Å². The zero-order chi connectivity index (χ0) is 16.8. The van der Waals surface area contributed by atoms with Gasteiger partial charge in [0.05, 0.1) is 6.61 Å². The van der Waals surface area contributed by atoms with Crippen LogP contribution in [0, 0.1) is 11.7 Å². The molecule has 5 heteroatoms. The summed E-state index contributed by atoms with van der Waals surface area (Å²) in [6.45, 7) is 3.62. The number of carbonyl (C=O) groups excluding carboxylic acids is 1. The normalized spacial score (nSPS) is 22.0. The van der Waals surface area contributed by atoms with Crippen LogP contribution in [0.4, 0.5) is 4.39 Å². The average Bonchev–Trinajstić information content (AvgIpc) is 3.15. The summed E-state index contributed by atoms with van der Waals surface area (Å²) < 4.78 is 24.0. The van der Waals surface area contributed by atoms with Crippen molar-refractivity contribution in [3.8, 4) is 0 Å². The van der Waals surface area contributed by atoms with Crippen molar-refractivity contribution in [2.75, 3.05) is 26.3 Å². The van der Waals surface area contributed by atoms with Crippen molar-refractivity contribution in [2.45, 2.75) is 44.8 Å². The Kier molecular flexibility index (Phi) is 6.21. The van der Waals surface area contributed by atoms with Gasteiger partial charge in [-0.15, -0.1) is 0 Å². The van der Waals surface area contributed by atoms with Crippen LogP contribution in [0.15, 0.2) is 24.3 Å². The maximum atomic E-state index is 12.8. The van der Waals surface area contributed by atoms with Gasteiger partial charge in [-0.1, -0.05) is 12.1 Å². The van der Waals surface area contributed by atoms with Gasteiger partial charge < -0.3 is 14.4 Å². The number of ether oxygens (including phenoxy) is 2. The van der Waals surface area contributed by atoms with Gasteiger partial charge >= 0.3 is 0 Å². The average molecular weight is 335 g/mol. The number of nitrogens with zero attached hydrogens (tertiary/aromatic N) is 1. The first-order valence-electron chi connectivity index (χ1n) is 8.95. The molecule has 1 aromatic carbocycles. The molecule has 0 N–H and O–H groups in total. The van der Waals surface area contributed by atoms with Gasteiger partial charge in [-0.25, -0.2) is 4.39 Å². The second kappa shape index (κ2) is 8.58. The predicted octanol–water partition coefficient (Wildman–Crippen LogP) is 3.15. The molecular formula is C19H26FNO3. The highest BCUT2D eigenvalue weighted by Gasteiger charge is 2.30. The molecule has 132 valence electrons. The molecule has 0 radical (unpaired) electrons. The van der Waals surface area contributed by atoms with E-state index in [9.17, 15) is 9.18 Å². The molecule has 1 amide bonds. The molecule has 3 rings (SSSR count). The summed E-state index contributed by atoms with van der Waals surface area (Å²) in [7, 11) is 0. The molecule has 0 aromatic heterocycles. The second-order valence-corrected chi connectivity index (χ2v) is 6.74. The fraction of sp³-hybridized carbons (Fsp3) is 0.632. The minimum absolute atomic E-state index is 0.179. The van der Waals surface area contributed by atoms with Crippen LogP contribution < -0.4 is 0 Å². The van der Waals surface area contributed by atoms with E-state index < -0.39 is 0 Å². The van der Waals surface area contributed by atoms with Gasteiger partial charge in [0.15, 0.2) is 0 Å². The van der Waals surface area contributed by atoms with Gasteiger partial charge in [0.1, 0.15) is 11.9 Å². The number of carbonyl (C=O) groups is 1. The lowest BCUT2D eigenvalue weighted by atomic mass is 9.93. The van der Waals surface area contributed by atoms with E-state index in [2.05, 4.69) is 0 Å². The minimum Gasteiger partial charge on any atom is -0.377 e. The van der Waals surface area contributed by atoms with Crippen LogP contribution >= 0.6 is 0 Å². The third-order valence-electron chi connectivity index (χ3n) is 4.98. The Morgan fingerprint density at radius 2 is 1.96 bits per heavy atom. The van der Waals surface area contributed by atoms with E-state index in [0.717, 1.165) is 57.4 Å². The number of benzene rings is 1. The topological polar surface area (TPSA) is 38.8 Å². The molecule has 2 fully saturated rings. The monoisotopic (exact) mass is 335 g/mol. The molecule has 1 atom stereocenters. The van der Waals surface area contributed by atoms with Crippen LogP contribution in [-0.2, 0) is 20.9 Å². The lowest BCUT2D eigenvalue weighted by molar-refractivity contribution is -0.142. The first-order chi connectivity index (χ1) is 11.7. The third-order valence-corrected chi connectivity index (χ3v) is 4.98. The summed E-state index contributed by atoms with van der Waals surface area (Å²) in [4.78, 5) is 14.3. The Bertz CT molecular complexity index is 520. The van der Waals surface area contributed by atoms with Crippen molar-refractivity contribution in [1.82, 2.24) is 4.90 Å². The Hall–Kier alpha value is -1.46. The van der Waals surface area contributed by atoms with Crippen LogP contribution in [0.25, 0.3) is 0 Å². The second-order valence-electron chi connectivity index (χ2n) is 6.74. The Morgan fingerprint density at radius 1 is 1.21 bits per heavy atom. The van der Waals surface area contributed by atoms with E-state index in [1.54, 1.807) is 12.1 Å². The van der Waals surface area contributed by atoms with Crippen molar-refractivity contribution >= 4 is 5.91 Å². The van der Waals surface area contributed by atoms with Crippen LogP contribution in [0.3, 0.4) is 0 Å². The molecule has 2 aliphatic heterocycles. The lowest BCUT2D eigenvalue weighted by Crippen LogP contribution is -2.43. The molecule has 0 bridgehead atoms. The molecule has 1 aromatic rings. The predicted molar refractivity (Wildman–Crippen MR) is 89.0 cm³/mol. The molecular weight excluding hydrogens is 309 g/mol. The Labute approximate surface area is 142 Å². The fourth-order valence-electron chi connectivity index (χ4n) is 3.44. The Morgan fingerprint density at radius 3 is 2.62 bits per heavy atom. The molecule has 0 unspecified atom stereocenters. The zero-order valence-electron chi connectivity index (χ0n) is 14.1. The summed E-state index contributed by atoms with van der Waals surface area (Å²) in [6, 6.07) is 6.42. The maximum Gasteiger partial charge on any atom is 0.251 e. The first kappa shape index (κ1) is 17.4. The summed E-state index contributed by atoms with van der Waals surface area (Å²) in [5.41, 5.74) is 0.994. The number of piperidine rings is 1. The molecule has 0 aliphatic carbocycles. The highest BCUT2D eigenvalue weighted by atomic mass is 19.1. The highest BCUT2D eigenvalue weighted by Crippen LogP contribution is 2.23. The number of rotatable bonds is 6. The Balaban J connectivity index is 1.31. The standard InChI is InChI=1S/C19H26FNO3/c20-17-5-3-16(4-6-17)14-23-13-9-15-7-10-21(11-8-15)19(22)18-2-1-12-24-18/h3-6,15,18H,1-2,7-14H2/t18-/m0/s1. The summed E-state index contributed by atoms with van der Waals surface area (Å²) >= 11 is 0. The number of amides is 1. The molecule has 2 aliphatic rings. The highest BCUT2D eigenvalue weighted by molar-refractivity contribution is 5.81. The van der Waals surface area contributed by atoms with Crippen LogP contribution in [0.1, 0.15) is 37.7 Å². The molecule has 0 spiro atoms. The third kappa shape index (κ3) is 4.77. The number of hydrogen-bond acceptors (Lipinski definition) is 3. The quantitative estimate of drug-likeness (QED) is 0.750. The summed E-state index contributed by atoms with van der Waals surface area (Å²) in [6.07, 6.45) is 4.77. The first-order valence-corrected chi connectivity index (χ1v) is 8.95. The van der Waals surface area contributed by atoms with Crippen LogP contribution in [-0.4, -0.2) is 43.2 Å². The SMILES string of the molecule is O=C([C@@H]1CCCO1)N1CCC(CCOCc2ccc(F)cc2)CC1. The molecule has 2 saturated heterocycles. The minimum atomic E-state index is -0.219. The molecule has 0 saturated carbocycles. The van der Waals surface area contributed by atoms with Gasteiger partial charge in [0.2, 0.25) is 0 Å². The molecule has 4 nitrogen and oxygen atoms in total. The van der Waals surface area contributed by atoms with E-state index in [1.807, 2.05) is 4.90 Å². The van der Waals surface area contributed by atoms with Gasteiger partial charge in [-0.2, -0.15) is 0 Å². The summed E-state index contributed by atoms with van der Waals surface area (Å²) in [5.74, 6) is 0.577. The van der Waals surface area contributed by atoms with Gasteiger partial charge in [-0.3, -0.25) is 4.79 Å². The molecule has 24 heavy (non-hydrogen) atoms. The van der Waals surface area contributed by atoms with Crippen LogP contribution in [0.5, 0.6) is 0 Å². The number of likely N-dealkylation sites (tertiary alicyclic amines) is 1. The van der Waals surface area contributed by atoms with Gasteiger partial charge in [0.25, 0.3) is 5.91 Å². The van der Waals surface area contributed by atoms with Crippen molar-refractivity contribution in [3.63, 3.8) is 0 Å². The number of halogens is 1. The van der Waals surface area contributed by atoms with Crippen LogP contribution in [0.2, 0.25) is 0 Å². The maximum absolute atomic E-state index is 12.8. The van der Waals surface area contributed by atoms with E-state index in [0.29, 0.717) is 19.1 Å². The zero-order valence-corrected chi connectivity index (χ0v) is 14.1. The van der Waals surface area contributed by atoms with Gasteiger partial charge in [-0.05, 0) is 55.7 Å². The van der Waals surface area contributed by atoms with Crippen molar-refractivity contribution in [2.24, 2.45) is 5.92 Å². The van der Waals surface area contributed by atoms with Gasteiger partial charge in [0, 0.05) is 26.3 Å². The smallest absolute Gasteiger partial charge is 0.251 e. The fourth-order valence-corrected chi connectivity index (χ4v) is 3.44. The lowest BCUT2D eigenvalue weighted by Gasteiger charge is -2.33. The van der Waals surface area contributed by atoms with E-state index in [4.69, 9.17) is 9.47 Å². The van der Waals surface area contributed by atoms with E-state index in [-0.39, 0.29) is 17.8 Å². The van der Waals surface area contributed by atoms with E-state index in [1.165, 1.54) is 12.1 Å². The van der Waals surface area contributed by atoms with Crippen molar-refractivity contribution in [1.29, 1.82) is 0 Å². The molecule has 2 heterocycles. The summed E-state index contributed by atoms with van der Waals surface area (Å²) in [5, 5.41) is 0. The largest absolute Gasteiger partial charge is 0.377 e.